The highest BCUT2D eigenvalue weighted by Crippen LogP contribution is 2.32. The van der Waals surface area contributed by atoms with E-state index in [-0.39, 0.29) is 23.6 Å². The Morgan fingerprint density at radius 3 is 2.77 bits per heavy atom. The Kier molecular flexibility index (Phi) is 5.49. The molecule has 0 radical (unpaired) electrons. The van der Waals surface area contributed by atoms with E-state index < -0.39 is 0 Å². The van der Waals surface area contributed by atoms with Gasteiger partial charge in [0.15, 0.2) is 18.1 Å². The molecule has 1 heterocycles. The third-order valence-electron chi connectivity index (χ3n) is 3.86. The van der Waals surface area contributed by atoms with Crippen molar-refractivity contribution < 1.29 is 19.0 Å². The number of carbonyl (C=O) groups excluding carboxylic acids is 1. The molecule has 26 heavy (non-hydrogen) atoms. The van der Waals surface area contributed by atoms with E-state index in [1.807, 2.05) is 31.2 Å². The Morgan fingerprint density at radius 1 is 1.27 bits per heavy atom. The zero-order chi connectivity index (χ0) is 18.5. The summed E-state index contributed by atoms with van der Waals surface area (Å²) < 4.78 is 16.5. The second kappa shape index (κ2) is 7.98. The Labute approximate surface area is 156 Å². The van der Waals surface area contributed by atoms with Crippen LogP contribution >= 0.6 is 11.6 Å². The minimum absolute atomic E-state index is 0.180. The summed E-state index contributed by atoms with van der Waals surface area (Å²) in [6.07, 6.45) is 0. The third kappa shape index (κ3) is 4.19. The van der Waals surface area contributed by atoms with Gasteiger partial charge in [0.2, 0.25) is 0 Å². The summed E-state index contributed by atoms with van der Waals surface area (Å²) in [7, 11) is 0. The number of carbonyl (C=O) groups is 1. The van der Waals surface area contributed by atoms with Crippen molar-refractivity contribution in [1.82, 2.24) is 5.32 Å². The van der Waals surface area contributed by atoms with E-state index >= 15 is 0 Å². The summed E-state index contributed by atoms with van der Waals surface area (Å²) in [5, 5.41) is 12.0. The van der Waals surface area contributed by atoms with Gasteiger partial charge in [-0.05, 0) is 42.8 Å². The Bertz CT molecular complexity index is 863. The highest BCUT2D eigenvalue weighted by atomic mass is 35.5. The third-order valence-corrected chi connectivity index (χ3v) is 4.16. The number of nitrogens with one attached hydrogen (secondary N) is 1. The second-order valence-electron chi connectivity index (χ2n) is 5.74. The number of hydrogen-bond acceptors (Lipinski definition) is 5. The van der Waals surface area contributed by atoms with Crippen molar-refractivity contribution in [3.63, 3.8) is 0 Å². The van der Waals surface area contributed by atoms with Crippen LogP contribution in [0.4, 0.5) is 0 Å². The first kappa shape index (κ1) is 17.9. The highest BCUT2D eigenvalue weighted by molar-refractivity contribution is 6.32. The van der Waals surface area contributed by atoms with Crippen molar-refractivity contribution in [3.05, 3.63) is 52.5 Å². The number of rotatable bonds is 5. The largest absolute Gasteiger partial charge is 0.486 e. The van der Waals surface area contributed by atoms with Gasteiger partial charge in [-0.25, -0.2) is 0 Å². The summed E-state index contributed by atoms with van der Waals surface area (Å²) in [5.41, 5.74) is 1.33. The Hall–Kier alpha value is -2.91. The molecular formula is C19H17ClN2O4. The van der Waals surface area contributed by atoms with Crippen LogP contribution < -0.4 is 19.5 Å². The molecular weight excluding hydrogens is 356 g/mol. The smallest absolute Gasteiger partial charge is 0.258 e. The molecule has 1 N–H and O–H groups in total. The zero-order valence-electron chi connectivity index (χ0n) is 14.1. The van der Waals surface area contributed by atoms with Crippen molar-refractivity contribution in [1.29, 1.82) is 5.26 Å². The first-order chi connectivity index (χ1) is 12.6. The number of hydrogen-bond donors (Lipinski definition) is 1. The normalized spacial score (nSPS) is 13.4. The standard InChI is InChI=1S/C19H17ClN2O4/c1-12(14-3-5-17-18(9-14)25-7-6-24-17)22-19(23)11-26-16-4-2-13(10-21)8-15(16)20/h2-5,8-9,12H,6-7,11H2,1H3,(H,22,23)/t12-/m1/s1. The lowest BCUT2D eigenvalue weighted by Crippen LogP contribution is -2.31. The van der Waals surface area contributed by atoms with Gasteiger partial charge in [-0.1, -0.05) is 17.7 Å². The number of amides is 1. The van der Waals surface area contributed by atoms with E-state index in [9.17, 15) is 4.79 Å². The van der Waals surface area contributed by atoms with Crippen molar-refractivity contribution >= 4 is 17.5 Å². The minimum atomic E-state index is -0.284. The molecule has 6 nitrogen and oxygen atoms in total. The average Bonchev–Trinajstić information content (AvgIpc) is 2.66. The maximum absolute atomic E-state index is 12.1. The lowest BCUT2D eigenvalue weighted by molar-refractivity contribution is -0.123. The Balaban J connectivity index is 1.57. The molecule has 2 aromatic rings. The van der Waals surface area contributed by atoms with Crippen LogP contribution in [0.5, 0.6) is 17.2 Å². The molecule has 0 aromatic heterocycles. The van der Waals surface area contributed by atoms with Gasteiger partial charge < -0.3 is 19.5 Å². The maximum Gasteiger partial charge on any atom is 0.258 e. The predicted octanol–water partition coefficient (Wildman–Crippen LogP) is 3.24. The molecule has 3 rings (SSSR count). The van der Waals surface area contributed by atoms with Gasteiger partial charge in [0.05, 0.1) is 22.7 Å². The van der Waals surface area contributed by atoms with Crippen LogP contribution in [0.3, 0.4) is 0 Å². The van der Waals surface area contributed by atoms with Crippen LogP contribution in [-0.4, -0.2) is 25.7 Å². The van der Waals surface area contributed by atoms with Crippen LogP contribution in [-0.2, 0) is 4.79 Å². The number of ether oxygens (including phenoxy) is 3. The molecule has 0 bridgehead atoms. The molecule has 2 aromatic carbocycles. The van der Waals surface area contributed by atoms with E-state index in [0.29, 0.717) is 36.0 Å². The topological polar surface area (TPSA) is 80.6 Å². The fourth-order valence-electron chi connectivity index (χ4n) is 2.53. The summed E-state index contributed by atoms with van der Waals surface area (Å²) in [5.74, 6) is 1.45. The average molecular weight is 373 g/mol. The van der Waals surface area contributed by atoms with Crippen molar-refractivity contribution in [2.45, 2.75) is 13.0 Å². The molecule has 0 saturated heterocycles. The molecule has 1 aliphatic heterocycles. The van der Waals surface area contributed by atoms with E-state index in [0.717, 1.165) is 5.56 Å². The first-order valence-corrected chi connectivity index (χ1v) is 8.46. The SMILES string of the molecule is C[C@@H](NC(=O)COc1ccc(C#N)cc1Cl)c1ccc2c(c1)OCCO2. The second-order valence-corrected chi connectivity index (χ2v) is 6.15. The number of fused-ring (bicyclic) bond motifs is 1. The molecule has 1 atom stereocenters. The van der Waals surface area contributed by atoms with Crippen LogP contribution in [0.25, 0.3) is 0 Å². The van der Waals surface area contributed by atoms with Gasteiger partial charge in [0.25, 0.3) is 5.91 Å². The summed E-state index contributed by atoms with van der Waals surface area (Å²) in [4.78, 5) is 12.1. The van der Waals surface area contributed by atoms with Crippen LogP contribution in [0.1, 0.15) is 24.1 Å². The van der Waals surface area contributed by atoms with Gasteiger partial charge >= 0.3 is 0 Å². The zero-order valence-corrected chi connectivity index (χ0v) is 14.9. The lowest BCUT2D eigenvalue weighted by Gasteiger charge is -2.21. The number of halogens is 1. The van der Waals surface area contributed by atoms with Crippen molar-refractivity contribution in [2.75, 3.05) is 19.8 Å². The van der Waals surface area contributed by atoms with E-state index in [2.05, 4.69) is 5.32 Å². The van der Waals surface area contributed by atoms with Gasteiger partial charge in [-0.2, -0.15) is 5.26 Å². The molecule has 1 aliphatic rings. The van der Waals surface area contributed by atoms with Crippen molar-refractivity contribution in [3.8, 4) is 23.3 Å². The highest BCUT2D eigenvalue weighted by Gasteiger charge is 2.16. The minimum Gasteiger partial charge on any atom is -0.486 e. The van der Waals surface area contributed by atoms with Gasteiger partial charge in [0, 0.05) is 0 Å². The summed E-state index contributed by atoms with van der Waals surface area (Å²) in [6, 6.07) is 12.0. The van der Waals surface area contributed by atoms with Gasteiger partial charge in [-0.15, -0.1) is 0 Å². The monoisotopic (exact) mass is 372 g/mol. The molecule has 0 aliphatic carbocycles. The maximum atomic E-state index is 12.1. The molecule has 134 valence electrons. The quantitative estimate of drug-likeness (QED) is 0.871. The van der Waals surface area contributed by atoms with E-state index in [1.54, 1.807) is 12.1 Å². The molecule has 1 amide bonds. The summed E-state index contributed by atoms with van der Waals surface area (Å²) in [6.45, 7) is 2.74. The van der Waals surface area contributed by atoms with Crippen LogP contribution in [0, 0.1) is 11.3 Å². The predicted molar refractivity (Wildman–Crippen MR) is 95.7 cm³/mol. The summed E-state index contributed by atoms with van der Waals surface area (Å²) >= 11 is 6.03. The number of benzene rings is 2. The lowest BCUT2D eigenvalue weighted by atomic mass is 10.1. The fraction of sp³-hybridized carbons (Fsp3) is 0.263. The van der Waals surface area contributed by atoms with Gasteiger partial charge in [0.1, 0.15) is 19.0 Å². The molecule has 0 spiro atoms. The molecule has 0 fully saturated rings. The number of nitriles is 1. The number of nitrogens with zero attached hydrogens (tertiary/aromatic N) is 1. The van der Waals surface area contributed by atoms with E-state index in [4.69, 9.17) is 31.1 Å². The molecule has 0 unspecified atom stereocenters. The Morgan fingerprint density at radius 2 is 2.04 bits per heavy atom. The molecule has 0 saturated carbocycles. The van der Waals surface area contributed by atoms with Crippen molar-refractivity contribution in [2.24, 2.45) is 0 Å². The first-order valence-electron chi connectivity index (χ1n) is 8.08. The van der Waals surface area contributed by atoms with Crippen LogP contribution in [0.2, 0.25) is 5.02 Å². The van der Waals surface area contributed by atoms with E-state index in [1.165, 1.54) is 6.07 Å². The molecule has 7 heteroatoms. The van der Waals surface area contributed by atoms with Gasteiger partial charge in [-0.3, -0.25) is 4.79 Å². The van der Waals surface area contributed by atoms with Crippen LogP contribution in [0.15, 0.2) is 36.4 Å². The fourth-order valence-corrected chi connectivity index (χ4v) is 2.76.